The van der Waals surface area contributed by atoms with Gasteiger partial charge in [-0.2, -0.15) is 0 Å². The van der Waals surface area contributed by atoms with Crippen molar-refractivity contribution >= 4 is 44.8 Å². The van der Waals surface area contributed by atoms with E-state index in [4.69, 9.17) is 0 Å². The van der Waals surface area contributed by atoms with E-state index >= 15 is 0 Å². The van der Waals surface area contributed by atoms with Crippen LogP contribution in [0.15, 0.2) is 20.1 Å². The number of thioether (sulfide) groups is 1. The van der Waals surface area contributed by atoms with Crippen LogP contribution in [0.25, 0.3) is 0 Å². The Morgan fingerprint density at radius 2 is 2.42 bits per heavy atom. The predicted octanol–water partition coefficient (Wildman–Crippen LogP) is 3.58. The smallest absolute Gasteiger partial charge is 0.130 e. The minimum Gasteiger partial charge on any atom is -0.300 e. The molecule has 12 heavy (non-hydrogen) atoms. The summed E-state index contributed by atoms with van der Waals surface area (Å²) in [5.74, 6) is 1.15. The number of halogens is 1. The molecule has 0 unspecified atom stereocenters. The van der Waals surface area contributed by atoms with Gasteiger partial charge in [0.1, 0.15) is 5.78 Å². The molecule has 0 radical (unpaired) electrons. The van der Waals surface area contributed by atoms with Gasteiger partial charge in [0.05, 0.1) is 8.00 Å². The minimum absolute atomic E-state index is 0.262. The second-order valence-corrected chi connectivity index (χ2v) is 6.22. The number of Topliss-reactive ketones (excluding diaryl/α,β-unsaturated/α-hetero) is 1. The molecular formula is C8H9BrOS2. The molecule has 0 bridgehead atoms. The molecule has 0 aliphatic carbocycles. The van der Waals surface area contributed by atoms with E-state index in [-0.39, 0.29) is 5.78 Å². The largest absolute Gasteiger partial charge is 0.300 e. The molecule has 1 nitrogen and oxygen atoms in total. The monoisotopic (exact) mass is 264 g/mol. The Bertz CT molecular complexity index is 270. The summed E-state index contributed by atoms with van der Waals surface area (Å²) in [4.78, 5) is 10.6. The Kier molecular flexibility index (Phi) is 4.32. The van der Waals surface area contributed by atoms with E-state index in [1.54, 1.807) is 30.0 Å². The quantitative estimate of drug-likeness (QED) is 0.774. The molecule has 1 heterocycles. The number of carbonyl (C=O) groups is 1. The number of hydrogen-bond donors (Lipinski definition) is 0. The van der Waals surface area contributed by atoms with Gasteiger partial charge < -0.3 is 0 Å². The fourth-order valence-electron chi connectivity index (χ4n) is 0.671. The fourth-order valence-corrected chi connectivity index (χ4v) is 3.62. The van der Waals surface area contributed by atoms with Crippen LogP contribution in [-0.2, 0) is 4.79 Å². The first-order valence-electron chi connectivity index (χ1n) is 3.56. The molecular weight excluding hydrogens is 256 g/mol. The molecule has 0 amide bonds. The highest BCUT2D eigenvalue weighted by Gasteiger charge is 1.99. The lowest BCUT2D eigenvalue weighted by Gasteiger charge is -1.93. The van der Waals surface area contributed by atoms with Gasteiger partial charge in [0.15, 0.2) is 0 Å². The molecule has 0 atom stereocenters. The van der Waals surface area contributed by atoms with E-state index < -0.39 is 0 Å². The molecule has 0 spiro atoms. The molecule has 1 rings (SSSR count). The molecule has 0 aromatic carbocycles. The van der Waals surface area contributed by atoms with Crippen molar-refractivity contribution in [3.05, 3.63) is 15.9 Å². The van der Waals surface area contributed by atoms with Crippen molar-refractivity contribution in [3.8, 4) is 0 Å². The van der Waals surface area contributed by atoms with Crippen LogP contribution >= 0.6 is 39.0 Å². The molecule has 0 N–H and O–H groups in total. The number of thiophene rings is 1. The summed E-state index contributed by atoms with van der Waals surface area (Å²) in [6.45, 7) is 1.63. The predicted molar refractivity (Wildman–Crippen MR) is 58.0 cm³/mol. The average Bonchev–Trinajstić information content (AvgIpc) is 2.35. The summed E-state index contributed by atoms with van der Waals surface area (Å²) in [7, 11) is 0. The van der Waals surface area contributed by atoms with Gasteiger partial charge in [-0.1, -0.05) is 0 Å². The maximum absolute atomic E-state index is 10.6. The third kappa shape index (κ3) is 3.74. The van der Waals surface area contributed by atoms with Crippen molar-refractivity contribution in [1.29, 1.82) is 0 Å². The highest BCUT2D eigenvalue weighted by molar-refractivity contribution is 9.11. The lowest BCUT2D eigenvalue weighted by molar-refractivity contribution is -0.116. The zero-order valence-corrected chi connectivity index (χ0v) is 9.89. The van der Waals surface area contributed by atoms with E-state index in [0.717, 1.165) is 9.54 Å². The summed E-state index contributed by atoms with van der Waals surface area (Å²) in [5, 5.41) is 0. The summed E-state index contributed by atoms with van der Waals surface area (Å²) in [6.07, 6.45) is 0.667. The SMILES string of the molecule is CC(=O)CCSc1ccc(Br)s1. The second kappa shape index (κ2) is 5.04. The van der Waals surface area contributed by atoms with Crippen molar-refractivity contribution in [2.75, 3.05) is 5.75 Å². The Balaban J connectivity index is 2.29. The fraction of sp³-hybridized carbons (Fsp3) is 0.375. The Morgan fingerprint density at radius 3 is 2.92 bits per heavy atom. The van der Waals surface area contributed by atoms with E-state index in [2.05, 4.69) is 22.0 Å². The van der Waals surface area contributed by atoms with Crippen LogP contribution in [0.5, 0.6) is 0 Å². The molecule has 4 heteroatoms. The van der Waals surface area contributed by atoms with E-state index in [0.29, 0.717) is 6.42 Å². The van der Waals surface area contributed by atoms with Crippen molar-refractivity contribution in [2.24, 2.45) is 0 Å². The molecule has 1 aromatic heterocycles. The Labute approximate surface area is 88.7 Å². The highest BCUT2D eigenvalue weighted by atomic mass is 79.9. The normalized spacial score (nSPS) is 10.2. The average molecular weight is 265 g/mol. The van der Waals surface area contributed by atoms with Crippen LogP contribution in [0, 0.1) is 0 Å². The van der Waals surface area contributed by atoms with Crippen LogP contribution in [0.1, 0.15) is 13.3 Å². The zero-order chi connectivity index (χ0) is 8.97. The van der Waals surface area contributed by atoms with E-state index in [1.165, 1.54) is 4.21 Å². The van der Waals surface area contributed by atoms with Crippen molar-refractivity contribution in [2.45, 2.75) is 17.6 Å². The van der Waals surface area contributed by atoms with Crippen LogP contribution in [0.4, 0.5) is 0 Å². The molecule has 66 valence electrons. The van der Waals surface area contributed by atoms with Crippen LogP contribution < -0.4 is 0 Å². The molecule has 0 fully saturated rings. The Morgan fingerprint density at radius 1 is 1.67 bits per heavy atom. The first-order valence-corrected chi connectivity index (χ1v) is 6.15. The van der Waals surface area contributed by atoms with E-state index in [1.807, 2.05) is 6.07 Å². The third-order valence-electron chi connectivity index (χ3n) is 1.25. The number of ketones is 1. The zero-order valence-electron chi connectivity index (χ0n) is 6.67. The van der Waals surface area contributed by atoms with Crippen LogP contribution in [0.2, 0.25) is 0 Å². The summed E-state index contributed by atoms with van der Waals surface area (Å²) < 4.78 is 2.41. The van der Waals surface area contributed by atoms with Gasteiger partial charge in [-0.05, 0) is 35.0 Å². The van der Waals surface area contributed by atoms with Gasteiger partial charge in [-0.15, -0.1) is 23.1 Å². The molecule has 0 aliphatic rings. The Hall–Kier alpha value is 0.200. The van der Waals surface area contributed by atoms with E-state index in [9.17, 15) is 4.79 Å². The minimum atomic E-state index is 0.262. The standard InChI is InChI=1S/C8H9BrOS2/c1-6(10)4-5-11-8-3-2-7(9)12-8/h2-3H,4-5H2,1H3. The first kappa shape index (κ1) is 10.3. The summed E-state index contributed by atoms with van der Waals surface area (Å²) in [6, 6.07) is 4.10. The van der Waals surface area contributed by atoms with Crippen molar-refractivity contribution in [3.63, 3.8) is 0 Å². The molecule has 0 saturated heterocycles. The molecule has 0 aliphatic heterocycles. The number of hydrogen-bond acceptors (Lipinski definition) is 3. The lowest BCUT2D eigenvalue weighted by atomic mass is 10.4. The van der Waals surface area contributed by atoms with Crippen molar-refractivity contribution < 1.29 is 4.79 Å². The second-order valence-electron chi connectivity index (χ2n) is 2.36. The maximum atomic E-state index is 10.6. The summed E-state index contributed by atoms with van der Waals surface area (Å²) in [5.41, 5.74) is 0. The molecule has 0 saturated carbocycles. The van der Waals surface area contributed by atoms with Gasteiger partial charge in [-0.25, -0.2) is 0 Å². The summed E-state index contributed by atoms with van der Waals surface area (Å²) >= 11 is 6.84. The van der Waals surface area contributed by atoms with Gasteiger partial charge in [0.2, 0.25) is 0 Å². The van der Waals surface area contributed by atoms with Gasteiger partial charge in [0, 0.05) is 12.2 Å². The van der Waals surface area contributed by atoms with Gasteiger partial charge >= 0.3 is 0 Å². The van der Waals surface area contributed by atoms with Crippen LogP contribution in [-0.4, -0.2) is 11.5 Å². The van der Waals surface area contributed by atoms with Gasteiger partial charge in [0.25, 0.3) is 0 Å². The number of carbonyl (C=O) groups excluding carboxylic acids is 1. The topological polar surface area (TPSA) is 17.1 Å². The third-order valence-corrected chi connectivity index (χ3v) is 4.10. The number of rotatable bonds is 4. The highest BCUT2D eigenvalue weighted by Crippen LogP contribution is 2.30. The lowest BCUT2D eigenvalue weighted by Crippen LogP contribution is -1.90. The molecule has 1 aromatic rings. The first-order chi connectivity index (χ1) is 5.68. The maximum Gasteiger partial charge on any atom is 0.130 e. The van der Waals surface area contributed by atoms with Crippen LogP contribution in [0.3, 0.4) is 0 Å². The van der Waals surface area contributed by atoms with Gasteiger partial charge in [-0.3, -0.25) is 4.79 Å². The van der Waals surface area contributed by atoms with Crippen molar-refractivity contribution in [1.82, 2.24) is 0 Å².